The minimum absolute atomic E-state index is 0.248. The summed E-state index contributed by atoms with van der Waals surface area (Å²) in [7, 11) is 0. The van der Waals surface area contributed by atoms with E-state index in [0.717, 1.165) is 37.6 Å². The SMILES string of the molecule is Cc1ccccc1[C@@H]1c2cccn2CCCN1Cc1cccc(Oc2ccccc2)c1. The van der Waals surface area contributed by atoms with Crippen molar-refractivity contribution in [2.24, 2.45) is 0 Å². The number of aromatic nitrogens is 1. The molecule has 4 aromatic rings. The summed E-state index contributed by atoms with van der Waals surface area (Å²) in [4.78, 5) is 2.61. The van der Waals surface area contributed by atoms with Crippen molar-refractivity contribution in [2.45, 2.75) is 32.5 Å². The molecule has 1 aliphatic rings. The van der Waals surface area contributed by atoms with Gasteiger partial charge in [-0.05, 0) is 66.4 Å². The fourth-order valence-corrected chi connectivity index (χ4v) is 4.63. The Kier molecular flexibility index (Phi) is 5.59. The Hall–Kier alpha value is -3.30. The van der Waals surface area contributed by atoms with E-state index in [2.05, 4.69) is 77.2 Å². The molecule has 2 heterocycles. The summed E-state index contributed by atoms with van der Waals surface area (Å²) in [5.74, 6) is 1.75. The molecule has 3 nitrogen and oxygen atoms in total. The van der Waals surface area contributed by atoms with Crippen molar-refractivity contribution in [3.63, 3.8) is 0 Å². The predicted octanol–water partition coefficient (Wildman–Crippen LogP) is 6.58. The fourth-order valence-electron chi connectivity index (χ4n) is 4.63. The lowest BCUT2D eigenvalue weighted by molar-refractivity contribution is 0.219. The van der Waals surface area contributed by atoms with Gasteiger partial charge in [-0.1, -0.05) is 54.6 Å². The van der Waals surface area contributed by atoms with E-state index in [0.29, 0.717) is 0 Å². The first-order chi connectivity index (χ1) is 15.3. The van der Waals surface area contributed by atoms with Crippen molar-refractivity contribution >= 4 is 0 Å². The van der Waals surface area contributed by atoms with Crippen LogP contribution in [0.5, 0.6) is 11.5 Å². The Morgan fingerprint density at radius 1 is 0.806 bits per heavy atom. The molecule has 0 fully saturated rings. The van der Waals surface area contributed by atoms with Crippen LogP contribution in [-0.2, 0) is 13.1 Å². The number of nitrogens with zero attached hydrogens (tertiary/aromatic N) is 2. The largest absolute Gasteiger partial charge is 0.457 e. The van der Waals surface area contributed by atoms with Crippen LogP contribution in [0.4, 0.5) is 0 Å². The molecular formula is C28H28N2O. The van der Waals surface area contributed by atoms with Gasteiger partial charge in [0.1, 0.15) is 11.5 Å². The van der Waals surface area contributed by atoms with Crippen molar-refractivity contribution in [2.75, 3.05) is 6.54 Å². The Morgan fingerprint density at radius 2 is 1.61 bits per heavy atom. The number of rotatable bonds is 5. The van der Waals surface area contributed by atoms with Crippen molar-refractivity contribution < 1.29 is 4.74 Å². The van der Waals surface area contributed by atoms with E-state index >= 15 is 0 Å². The van der Waals surface area contributed by atoms with Crippen LogP contribution in [0, 0.1) is 6.92 Å². The molecule has 1 aromatic heterocycles. The third-order valence-electron chi connectivity index (χ3n) is 6.10. The lowest BCUT2D eigenvalue weighted by Gasteiger charge is -2.31. The van der Waals surface area contributed by atoms with Crippen LogP contribution in [0.25, 0.3) is 0 Å². The highest BCUT2D eigenvalue weighted by atomic mass is 16.5. The maximum Gasteiger partial charge on any atom is 0.127 e. The van der Waals surface area contributed by atoms with Crippen molar-refractivity contribution in [1.29, 1.82) is 0 Å². The Balaban J connectivity index is 1.46. The zero-order valence-electron chi connectivity index (χ0n) is 17.9. The van der Waals surface area contributed by atoms with Crippen LogP contribution in [-0.4, -0.2) is 16.0 Å². The number of para-hydroxylation sites is 1. The average molecular weight is 409 g/mol. The number of fused-ring (bicyclic) bond motifs is 1. The highest BCUT2D eigenvalue weighted by Gasteiger charge is 2.28. The standard InChI is InChI=1S/C28H28N2O/c1-22-10-5-6-15-26(22)28-27-16-8-17-29(27)18-9-19-30(28)21-23-11-7-14-25(20-23)31-24-12-3-2-4-13-24/h2-8,10-17,20,28H,9,18-19,21H2,1H3/t28-/m1/s1. The van der Waals surface area contributed by atoms with Crippen LogP contribution in [0.3, 0.4) is 0 Å². The molecule has 0 spiro atoms. The highest BCUT2D eigenvalue weighted by Crippen LogP contribution is 2.35. The summed E-state index contributed by atoms with van der Waals surface area (Å²) < 4.78 is 8.51. The van der Waals surface area contributed by atoms with Crippen LogP contribution >= 0.6 is 0 Å². The van der Waals surface area contributed by atoms with E-state index in [9.17, 15) is 0 Å². The van der Waals surface area contributed by atoms with Gasteiger partial charge >= 0.3 is 0 Å². The minimum atomic E-state index is 0.248. The van der Waals surface area contributed by atoms with Crippen LogP contribution in [0.15, 0.2) is 97.2 Å². The number of aryl methyl sites for hydroxylation is 2. The molecule has 1 aliphatic heterocycles. The molecule has 0 bridgehead atoms. The number of ether oxygens (including phenoxy) is 1. The van der Waals surface area contributed by atoms with Crippen molar-refractivity contribution in [3.05, 3.63) is 120 Å². The van der Waals surface area contributed by atoms with Gasteiger partial charge < -0.3 is 9.30 Å². The molecule has 0 amide bonds. The normalized spacial score (nSPS) is 16.5. The molecule has 0 saturated heterocycles. The van der Waals surface area contributed by atoms with Crippen LogP contribution in [0.1, 0.15) is 34.8 Å². The zero-order chi connectivity index (χ0) is 21.0. The van der Waals surface area contributed by atoms with Gasteiger partial charge in [0, 0.05) is 31.5 Å². The van der Waals surface area contributed by atoms with Crippen molar-refractivity contribution in [3.8, 4) is 11.5 Å². The fraction of sp³-hybridized carbons (Fsp3) is 0.214. The molecule has 5 rings (SSSR count). The monoisotopic (exact) mass is 408 g/mol. The predicted molar refractivity (Wildman–Crippen MR) is 125 cm³/mol. The second-order valence-electron chi connectivity index (χ2n) is 8.27. The number of hydrogen-bond donors (Lipinski definition) is 0. The summed E-state index contributed by atoms with van der Waals surface area (Å²) in [6, 6.07) is 32.0. The van der Waals surface area contributed by atoms with Crippen LogP contribution in [0.2, 0.25) is 0 Å². The third-order valence-corrected chi connectivity index (χ3v) is 6.10. The smallest absolute Gasteiger partial charge is 0.127 e. The van der Waals surface area contributed by atoms with Gasteiger partial charge in [-0.15, -0.1) is 0 Å². The number of hydrogen-bond acceptors (Lipinski definition) is 2. The Morgan fingerprint density at radius 3 is 2.48 bits per heavy atom. The van der Waals surface area contributed by atoms with Gasteiger partial charge in [-0.2, -0.15) is 0 Å². The van der Waals surface area contributed by atoms with Gasteiger partial charge in [0.25, 0.3) is 0 Å². The minimum Gasteiger partial charge on any atom is -0.457 e. The van der Waals surface area contributed by atoms with Crippen LogP contribution < -0.4 is 4.74 Å². The molecule has 0 unspecified atom stereocenters. The topological polar surface area (TPSA) is 17.4 Å². The van der Waals surface area contributed by atoms with E-state index < -0.39 is 0 Å². The summed E-state index contributed by atoms with van der Waals surface area (Å²) in [5, 5.41) is 0. The van der Waals surface area contributed by atoms with Gasteiger partial charge in [0.2, 0.25) is 0 Å². The first-order valence-corrected chi connectivity index (χ1v) is 11.0. The molecule has 156 valence electrons. The zero-order valence-corrected chi connectivity index (χ0v) is 17.9. The second-order valence-corrected chi connectivity index (χ2v) is 8.27. The molecule has 3 aromatic carbocycles. The Bertz CT molecular complexity index is 1150. The second kappa shape index (κ2) is 8.83. The van der Waals surface area contributed by atoms with Gasteiger partial charge in [-0.3, -0.25) is 4.90 Å². The molecule has 31 heavy (non-hydrogen) atoms. The summed E-state index contributed by atoms with van der Waals surface area (Å²) in [6.07, 6.45) is 3.36. The maximum atomic E-state index is 6.08. The maximum absolute atomic E-state index is 6.08. The lowest BCUT2D eigenvalue weighted by Crippen LogP contribution is -2.30. The quantitative estimate of drug-likeness (QED) is 0.371. The van der Waals surface area contributed by atoms with E-state index in [1.54, 1.807) is 0 Å². The van der Waals surface area contributed by atoms with E-state index in [-0.39, 0.29) is 6.04 Å². The summed E-state index contributed by atoms with van der Waals surface area (Å²) >= 11 is 0. The van der Waals surface area contributed by atoms with Gasteiger partial charge in [0.15, 0.2) is 0 Å². The van der Waals surface area contributed by atoms with Crippen molar-refractivity contribution in [1.82, 2.24) is 9.47 Å². The summed E-state index contributed by atoms with van der Waals surface area (Å²) in [5.41, 5.74) is 5.38. The highest BCUT2D eigenvalue weighted by molar-refractivity contribution is 5.37. The van der Waals surface area contributed by atoms with E-state index in [1.165, 1.54) is 22.4 Å². The average Bonchev–Trinajstić information content (AvgIpc) is 3.17. The molecule has 3 heteroatoms. The Labute approximate surface area is 184 Å². The molecule has 0 aliphatic carbocycles. The number of benzene rings is 3. The first kappa shape index (κ1) is 19.7. The first-order valence-electron chi connectivity index (χ1n) is 11.0. The van der Waals surface area contributed by atoms with E-state index in [1.807, 2.05) is 36.4 Å². The lowest BCUT2D eigenvalue weighted by atomic mass is 9.96. The van der Waals surface area contributed by atoms with E-state index in [4.69, 9.17) is 4.74 Å². The molecule has 0 radical (unpaired) electrons. The molecule has 0 N–H and O–H groups in total. The summed E-state index contributed by atoms with van der Waals surface area (Å²) in [6.45, 7) is 5.24. The third kappa shape index (κ3) is 4.28. The van der Waals surface area contributed by atoms with Gasteiger partial charge in [0.05, 0.1) is 6.04 Å². The van der Waals surface area contributed by atoms with Gasteiger partial charge in [-0.25, -0.2) is 0 Å². The molecule has 0 saturated carbocycles. The molecule has 1 atom stereocenters. The molecular weight excluding hydrogens is 380 g/mol.